The van der Waals surface area contributed by atoms with Gasteiger partial charge in [-0.15, -0.1) is 5.10 Å². The van der Waals surface area contributed by atoms with E-state index in [9.17, 15) is 14.0 Å². The summed E-state index contributed by atoms with van der Waals surface area (Å²) in [5, 5.41) is 27.3. The zero-order valence-corrected chi connectivity index (χ0v) is 21.7. The maximum absolute atomic E-state index is 13.5. The first kappa shape index (κ1) is 26.6. The lowest BCUT2D eigenvalue weighted by Gasteiger charge is -2.34. The average molecular weight is 530 g/mol. The summed E-state index contributed by atoms with van der Waals surface area (Å²) >= 11 is 0. The SMILES string of the molecule is N#Cc1ccc(C(=O)N[C@@H](CCCN[C@@H]2C[C@H]2c2ccc(F)cc2)C(=O)N2CCC(C3=NN=NC3)CC2)cc1. The van der Waals surface area contributed by atoms with E-state index >= 15 is 0 Å². The fraction of sp³-hybridized carbons (Fsp3) is 0.448. The molecule has 3 atom stereocenters. The third kappa shape index (κ3) is 6.73. The third-order valence-electron chi connectivity index (χ3n) is 7.79. The van der Waals surface area contributed by atoms with Crippen molar-refractivity contribution in [3.8, 4) is 6.07 Å². The maximum atomic E-state index is 13.5. The summed E-state index contributed by atoms with van der Waals surface area (Å²) in [5.41, 5.74) is 3.00. The van der Waals surface area contributed by atoms with E-state index in [0.29, 0.717) is 62.1 Å². The van der Waals surface area contributed by atoms with Crippen LogP contribution in [0.1, 0.15) is 59.5 Å². The van der Waals surface area contributed by atoms with Gasteiger partial charge in [-0.2, -0.15) is 10.4 Å². The van der Waals surface area contributed by atoms with Crippen LogP contribution in [0.3, 0.4) is 0 Å². The molecular weight excluding hydrogens is 497 g/mol. The van der Waals surface area contributed by atoms with Crippen LogP contribution in [-0.2, 0) is 4.79 Å². The maximum Gasteiger partial charge on any atom is 0.251 e. The minimum Gasteiger partial charge on any atom is -0.341 e. The lowest BCUT2D eigenvalue weighted by atomic mass is 9.91. The molecule has 1 saturated heterocycles. The fourth-order valence-electron chi connectivity index (χ4n) is 5.38. The van der Waals surface area contributed by atoms with E-state index in [1.54, 1.807) is 24.3 Å². The number of carbonyl (C=O) groups is 2. The zero-order valence-electron chi connectivity index (χ0n) is 21.7. The summed E-state index contributed by atoms with van der Waals surface area (Å²) in [4.78, 5) is 28.4. The molecule has 2 aromatic carbocycles. The van der Waals surface area contributed by atoms with Crippen molar-refractivity contribution < 1.29 is 14.0 Å². The minimum atomic E-state index is -0.646. The van der Waals surface area contributed by atoms with Gasteiger partial charge in [0.05, 0.1) is 17.3 Å². The Morgan fingerprint density at radius 3 is 2.51 bits per heavy atom. The first-order valence-corrected chi connectivity index (χ1v) is 13.5. The van der Waals surface area contributed by atoms with Crippen molar-refractivity contribution in [2.45, 2.75) is 50.1 Å². The highest BCUT2D eigenvalue weighted by molar-refractivity contribution is 5.97. The number of hydrogen-bond donors (Lipinski definition) is 2. The largest absolute Gasteiger partial charge is 0.341 e. The molecule has 2 aliphatic heterocycles. The highest BCUT2D eigenvalue weighted by Gasteiger charge is 2.38. The first-order chi connectivity index (χ1) is 19.0. The molecule has 2 amide bonds. The standard InChI is InChI=1S/C29H32FN7O2/c30-23-9-7-20(8-10-23)24-16-26(24)32-13-1-2-25(34-28(38)22-5-3-19(17-31)4-6-22)29(39)37-14-11-21(12-15-37)27-18-33-36-35-27/h3-10,21,24-26,32H,1-2,11-16,18H2,(H,34,38)/t24-,25-,26+/m0/s1. The van der Waals surface area contributed by atoms with Gasteiger partial charge in [0.15, 0.2) is 0 Å². The Labute approximate surface area is 227 Å². The van der Waals surface area contributed by atoms with Gasteiger partial charge in [-0.05, 0) is 85.8 Å². The molecule has 2 aromatic rings. The molecule has 2 N–H and O–H groups in total. The van der Waals surface area contributed by atoms with Crippen molar-refractivity contribution in [2.24, 2.45) is 21.4 Å². The van der Waals surface area contributed by atoms with Crippen LogP contribution in [0, 0.1) is 23.1 Å². The van der Waals surface area contributed by atoms with Gasteiger partial charge in [0.1, 0.15) is 18.4 Å². The van der Waals surface area contributed by atoms with E-state index in [-0.39, 0.29) is 23.5 Å². The molecule has 39 heavy (non-hydrogen) atoms. The Hall–Kier alpha value is -3.97. The summed E-state index contributed by atoms with van der Waals surface area (Å²) in [6, 6.07) is 14.8. The normalized spacial score (nSPS) is 21.2. The summed E-state index contributed by atoms with van der Waals surface area (Å²) < 4.78 is 13.2. The number of rotatable bonds is 10. The lowest BCUT2D eigenvalue weighted by Crippen LogP contribution is -2.51. The highest BCUT2D eigenvalue weighted by atomic mass is 19.1. The van der Waals surface area contributed by atoms with Gasteiger partial charge in [0.25, 0.3) is 5.91 Å². The second-order valence-corrected chi connectivity index (χ2v) is 10.4. The number of nitrogens with zero attached hydrogens (tertiary/aromatic N) is 5. The Morgan fingerprint density at radius 2 is 1.85 bits per heavy atom. The molecule has 5 rings (SSSR count). The van der Waals surface area contributed by atoms with Gasteiger partial charge < -0.3 is 15.5 Å². The molecule has 0 aromatic heterocycles. The molecule has 202 valence electrons. The van der Waals surface area contributed by atoms with E-state index in [1.165, 1.54) is 12.1 Å². The Bertz CT molecular complexity index is 1280. The van der Waals surface area contributed by atoms with E-state index in [1.807, 2.05) is 23.1 Å². The number of carbonyl (C=O) groups excluding carboxylic acids is 2. The van der Waals surface area contributed by atoms with E-state index in [2.05, 4.69) is 26.1 Å². The molecule has 1 saturated carbocycles. The molecule has 0 bridgehead atoms. The van der Waals surface area contributed by atoms with Gasteiger partial charge in [-0.1, -0.05) is 12.1 Å². The Morgan fingerprint density at radius 1 is 1.10 bits per heavy atom. The molecular formula is C29H32FN7O2. The van der Waals surface area contributed by atoms with Crippen LogP contribution in [0.15, 0.2) is 64.0 Å². The van der Waals surface area contributed by atoms with Crippen molar-refractivity contribution >= 4 is 17.5 Å². The van der Waals surface area contributed by atoms with Crippen molar-refractivity contribution in [2.75, 3.05) is 26.2 Å². The minimum absolute atomic E-state index is 0.0752. The van der Waals surface area contributed by atoms with Crippen LogP contribution in [-0.4, -0.2) is 60.7 Å². The number of likely N-dealkylation sites (tertiary alicyclic amines) is 1. The first-order valence-electron chi connectivity index (χ1n) is 13.5. The van der Waals surface area contributed by atoms with Crippen LogP contribution in [0.4, 0.5) is 4.39 Å². The number of nitrogens with one attached hydrogen (secondary N) is 2. The van der Waals surface area contributed by atoms with Crippen molar-refractivity contribution in [1.29, 1.82) is 5.26 Å². The number of piperidine rings is 1. The number of benzene rings is 2. The quantitative estimate of drug-likeness (QED) is 0.455. The lowest BCUT2D eigenvalue weighted by molar-refractivity contribution is -0.134. The molecule has 0 spiro atoms. The van der Waals surface area contributed by atoms with E-state index in [0.717, 1.165) is 30.5 Å². The zero-order chi connectivity index (χ0) is 27.2. The molecule has 2 fully saturated rings. The van der Waals surface area contributed by atoms with Gasteiger partial charge in [-0.25, -0.2) is 4.39 Å². The second-order valence-electron chi connectivity index (χ2n) is 10.4. The van der Waals surface area contributed by atoms with Gasteiger partial charge in [0.2, 0.25) is 5.91 Å². The second kappa shape index (κ2) is 12.3. The van der Waals surface area contributed by atoms with Gasteiger partial charge in [-0.3, -0.25) is 9.59 Å². The van der Waals surface area contributed by atoms with Crippen LogP contribution >= 0.6 is 0 Å². The smallest absolute Gasteiger partial charge is 0.251 e. The van der Waals surface area contributed by atoms with Gasteiger partial charge in [0, 0.05) is 36.5 Å². The summed E-state index contributed by atoms with van der Waals surface area (Å²) in [6.45, 7) is 2.46. The molecule has 1 aliphatic carbocycles. The predicted molar refractivity (Wildman–Crippen MR) is 144 cm³/mol. The fourth-order valence-corrected chi connectivity index (χ4v) is 5.38. The van der Waals surface area contributed by atoms with E-state index in [4.69, 9.17) is 5.26 Å². The van der Waals surface area contributed by atoms with Crippen molar-refractivity contribution in [3.63, 3.8) is 0 Å². The van der Waals surface area contributed by atoms with Crippen LogP contribution in [0.25, 0.3) is 0 Å². The average Bonchev–Trinajstić information content (AvgIpc) is 3.53. The topological polar surface area (TPSA) is 122 Å². The van der Waals surface area contributed by atoms with Crippen LogP contribution in [0.2, 0.25) is 0 Å². The van der Waals surface area contributed by atoms with Gasteiger partial charge >= 0.3 is 0 Å². The third-order valence-corrected chi connectivity index (χ3v) is 7.79. The monoisotopic (exact) mass is 529 g/mol. The Kier molecular flexibility index (Phi) is 8.37. The number of halogens is 1. The Balaban J connectivity index is 1.15. The van der Waals surface area contributed by atoms with E-state index < -0.39 is 6.04 Å². The van der Waals surface area contributed by atoms with Crippen molar-refractivity contribution in [1.82, 2.24) is 15.5 Å². The number of hydrogen-bond acceptors (Lipinski definition) is 7. The van der Waals surface area contributed by atoms with Crippen LogP contribution in [0.5, 0.6) is 0 Å². The van der Waals surface area contributed by atoms with Crippen molar-refractivity contribution in [3.05, 3.63) is 71.0 Å². The number of amides is 2. The number of nitriles is 1. The predicted octanol–water partition coefficient (Wildman–Crippen LogP) is 3.78. The molecule has 9 nitrogen and oxygen atoms in total. The van der Waals surface area contributed by atoms with Crippen LogP contribution < -0.4 is 10.6 Å². The molecule has 2 heterocycles. The highest BCUT2D eigenvalue weighted by Crippen LogP contribution is 2.40. The molecule has 10 heteroatoms. The molecule has 0 unspecified atom stereocenters. The molecule has 3 aliphatic rings. The molecule has 0 radical (unpaired) electrons. The summed E-state index contributed by atoms with van der Waals surface area (Å²) in [6.07, 6.45) is 3.84. The summed E-state index contributed by atoms with van der Waals surface area (Å²) in [7, 11) is 0. The summed E-state index contributed by atoms with van der Waals surface area (Å²) in [5.74, 6) is 0.0276.